The highest BCUT2D eigenvalue weighted by Gasteiger charge is 2.51. The Hall–Kier alpha value is -1.26. The largest absolute Gasteiger partial charge is 0.492 e. The number of hydrogen-bond acceptors (Lipinski definition) is 3. The Morgan fingerprint density at radius 2 is 1.71 bits per heavy atom. The average molecular weight is 514 g/mol. The second-order valence-electron chi connectivity index (χ2n) is 9.54. The van der Waals surface area contributed by atoms with Crippen LogP contribution in [0.25, 0.3) is 0 Å². The van der Waals surface area contributed by atoms with Crippen LogP contribution in [0.2, 0.25) is 10.0 Å². The van der Waals surface area contributed by atoms with Gasteiger partial charge in [0.05, 0.1) is 11.6 Å². The molecule has 0 aliphatic heterocycles. The number of unbranched alkanes of at least 4 members (excludes halogenated alkanes) is 5. The zero-order chi connectivity index (χ0) is 25.1. The van der Waals surface area contributed by atoms with Gasteiger partial charge in [0.15, 0.2) is 5.78 Å². The Balaban J connectivity index is 0.00000199. The summed E-state index contributed by atoms with van der Waals surface area (Å²) in [6.07, 6.45) is 13.2. The van der Waals surface area contributed by atoms with Crippen LogP contribution in [-0.4, -0.2) is 23.5 Å². The molecule has 2 aliphatic rings. The van der Waals surface area contributed by atoms with Gasteiger partial charge in [-0.25, -0.2) is 0 Å². The number of carboxylic acid groups (broad SMARTS) is 1. The Morgan fingerprint density at radius 1 is 1.06 bits per heavy atom. The molecule has 1 aromatic carbocycles. The number of ketones is 1. The Bertz CT molecular complexity index is 817. The number of carboxylic acids is 1. The van der Waals surface area contributed by atoms with Crippen LogP contribution >= 0.6 is 23.2 Å². The second-order valence-corrected chi connectivity index (χ2v) is 10.3. The number of halogens is 2. The van der Waals surface area contributed by atoms with E-state index in [1.165, 1.54) is 12.8 Å². The number of benzene rings is 1. The first-order chi connectivity index (χ1) is 16.4. The van der Waals surface area contributed by atoms with E-state index in [-0.39, 0.29) is 17.6 Å². The topological polar surface area (TPSA) is 63.6 Å². The van der Waals surface area contributed by atoms with Gasteiger partial charge in [-0.05, 0) is 56.1 Å². The van der Waals surface area contributed by atoms with Crippen molar-refractivity contribution < 1.29 is 19.4 Å². The maximum absolute atomic E-state index is 13.7. The van der Waals surface area contributed by atoms with Crippen LogP contribution in [0.4, 0.5) is 0 Å². The molecule has 3 rings (SSSR count). The third-order valence-electron chi connectivity index (χ3n) is 7.35. The van der Waals surface area contributed by atoms with Crippen molar-refractivity contribution in [3.63, 3.8) is 0 Å². The summed E-state index contributed by atoms with van der Waals surface area (Å²) in [7, 11) is 0. The Labute approximate surface area is 215 Å². The van der Waals surface area contributed by atoms with Crippen molar-refractivity contribution in [3.05, 3.63) is 27.2 Å². The van der Waals surface area contributed by atoms with Crippen LogP contribution < -0.4 is 4.74 Å². The van der Waals surface area contributed by atoms with E-state index in [2.05, 4.69) is 6.92 Å². The van der Waals surface area contributed by atoms with Gasteiger partial charge in [-0.2, -0.15) is 0 Å². The molecule has 1 saturated carbocycles. The molecule has 1 fully saturated rings. The first-order valence-corrected chi connectivity index (χ1v) is 14.1. The van der Waals surface area contributed by atoms with E-state index in [0.717, 1.165) is 76.2 Å². The minimum absolute atomic E-state index is 0.202. The zero-order valence-electron chi connectivity index (χ0n) is 21.2. The minimum atomic E-state index is -0.735. The molecule has 4 nitrogen and oxygen atoms in total. The predicted octanol–water partition coefficient (Wildman–Crippen LogP) is 8.93. The van der Waals surface area contributed by atoms with Gasteiger partial charge in [0.1, 0.15) is 10.8 Å². The molecule has 1 unspecified atom stereocenters. The number of Topliss-reactive ketones (excluding diaryl/α,β-unsaturated/α-hetero) is 1. The molecule has 1 aromatic rings. The van der Waals surface area contributed by atoms with Crippen molar-refractivity contribution in [2.24, 2.45) is 11.3 Å². The molecule has 0 heterocycles. The van der Waals surface area contributed by atoms with Gasteiger partial charge in [0, 0.05) is 17.4 Å². The first kappa shape index (κ1) is 29.0. The third kappa shape index (κ3) is 6.91. The van der Waals surface area contributed by atoms with Gasteiger partial charge in [0.25, 0.3) is 0 Å². The van der Waals surface area contributed by atoms with Crippen LogP contribution in [0.3, 0.4) is 0 Å². The van der Waals surface area contributed by atoms with Gasteiger partial charge in [-0.1, -0.05) is 88.9 Å². The van der Waals surface area contributed by atoms with Crippen LogP contribution in [0.5, 0.6) is 5.75 Å². The Kier molecular flexibility index (Phi) is 12.2. The summed E-state index contributed by atoms with van der Waals surface area (Å²) in [4.78, 5) is 24.3. The number of rotatable bonds is 13. The highest BCUT2D eigenvalue weighted by molar-refractivity contribution is 6.45. The fraction of sp³-hybridized carbons (Fsp3) is 0.714. The van der Waals surface area contributed by atoms with E-state index in [1.807, 2.05) is 19.9 Å². The molecule has 0 radical (unpaired) electrons. The smallest absolute Gasteiger partial charge is 0.303 e. The molecular formula is C28H42Cl2O4. The maximum Gasteiger partial charge on any atom is 0.303 e. The summed E-state index contributed by atoms with van der Waals surface area (Å²) in [5, 5.41) is 9.38. The molecule has 1 atom stereocenters. The third-order valence-corrected chi connectivity index (χ3v) is 8.20. The van der Waals surface area contributed by atoms with Crippen LogP contribution in [-0.2, 0) is 11.2 Å². The maximum atomic E-state index is 13.7. The number of fused-ring (bicyclic) bond motifs is 1. The lowest BCUT2D eigenvalue weighted by Crippen LogP contribution is -2.35. The van der Waals surface area contributed by atoms with Gasteiger partial charge in [-0.15, -0.1) is 0 Å². The normalized spacial score (nSPS) is 19.6. The van der Waals surface area contributed by atoms with Gasteiger partial charge in [-0.3, -0.25) is 9.59 Å². The number of carbonyl (C=O) groups is 2. The lowest BCUT2D eigenvalue weighted by molar-refractivity contribution is -0.137. The van der Waals surface area contributed by atoms with Crippen molar-refractivity contribution in [2.45, 2.75) is 111 Å². The number of hydrogen-bond donors (Lipinski definition) is 1. The van der Waals surface area contributed by atoms with E-state index < -0.39 is 5.97 Å². The van der Waals surface area contributed by atoms with E-state index in [9.17, 15) is 9.59 Å². The lowest BCUT2D eigenvalue weighted by Gasteiger charge is -2.34. The first-order valence-electron chi connectivity index (χ1n) is 13.3. The molecule has 0 spiro atoms. The number of ether oxygens (including phenoxy) is 1. The fourth-order valence-corrected chi connectivity index (χ4v) is 6.11. The number of aliphatic carboxylic acids is 1. The molecule has 0 bridgehead atoms. The molecule has 0 aromatic heterocycles. The van der Waals surface area contributed by atoms with E-state index in [0.29, 0.717) is 33.9 Å². The molecule has 34 heavy (non-hydrogen) atoms. The van der Waals surface area contributed by atoms with Gasteiger partial charge in [0.2, 0.25) is 0 Å². The number of carbonyl (C=O) groups excluding carboxylic acids is 1. The summed E-state index contributed by atoms with van der Waals surface area (Å²) >= 11 is 13.2. The molecule has 2 aliphatic carbocycles. The van der Waals surface area contributed by atoms with Crippen LogP contribution in [0, 0.1) is 11.3 Å². The molecule has 1 N–H and O–H groups in total. The SMILES string of the molecule is CC.CCCCC1(C2CCCC2)Cc2cc(OCCCCCCCC(=O)O)c(Cl)c(Cl)c2C1=O. The quantitative estimate of drug-likeness (QED) is 0.268. The average Bonchev–Trinajstić information content (AvgIpc) is 3.46. The monoisotopic (exact) mass is 512 g/mol. The molecule has 0 saturated heterocycles. The second kappa shape index (κ2) is 14.3. The predicted molar refractivity (Wildman–Crippen MR) is 141 cm³/mol. The van der Waals surface area contributed by atoms with Crippen molar-refractivity contribution in [2.75, 3.05) is 6.61 Å². The molecule has 192 valence electrons. The van der Waals surface area contributed by atoms with Crippen LogP contribution in [0.15, 0.2) is 6.07 Å². The summed E-state index contributed by atoms with van der Waals surface area (Å²) < 4.78 is 5.98. The zero-order valence-corrected chi connectivity index (χ0v) is 22.7. The van der Waals surface area contributed by atoms with E-state index >= 15 is 0 Å². The fourth-order valence-electron chi connectivity index (χ4n) is 5.61. The van der Waals surface area contributed by atoms with Crippen LogP contribution in [0.1, 0.15) is 120 Å². The summed E-state index contributed by atoms with van der Waals surface area (Å²) in [5.74, 6) is 0.482. The van der Waals surface area contributed by atoms with Crippen molar-refractivity contribution >= 4 is 35.0 Å². The van der Waals surface area contributed by atoms with Crippen molar-refractivity contribution in [1.82, 2.24) is 0 Å². The highest BCUT2D eigenvalue weighted by Crippen LogP contribution is 2.54. The highest BCUT2D eigenvalue weighted by atomic mass is 35.5. The van der Waals surface area contributed by atoms with Crippen molar-refractivity contribution in [3.8, 4) is 5.75 Å². The standard InChI is InChI=1S/C26H36Cl2O4.C2H6/c1-2-3-14-26(19-11-8-9-12-19)17-18-16-20(23(27)24(28)22(18)25(26)31)32-15-10-6-4-5-7-13-21(29)30;1-2/h16,19H,2-15,17H2,1H3,(H,29,30);1-2H3. The van der Waals surface area contributed by atoms with Gasteiger partial charge < -0.3 is 9.84 Å². The summed E-state index contributed by atoms with van der Waals surface area (Å²) in [5.41, 5.74) is 1.30. The Morgan fingerprint density at radius 3 is 2.35 bits per heavy atom. The summed E-state index contributed by atoms with van der Waals surface area (Å²) in [6.45, 7) is 6.71. The molecular weight excluding hydrogens is 471 g/mol. The molecule has 0 amide bonds. The minimum Gasteiger partial charge on any atom is -0.492 e. The van der Waals surface area contributed by atoms with E-state index in [1.54, 1.807) is 0 Å². The van der Waals surface area contributed by atoms with Crippen molar-refractivity contribution in [1.29, 1.82) is 0 Å². The lowest BCUT2D eigenvalue weighted by atomic mass is 9.68. The van der Waals surface area contributed by atoms with Gasteiger partial charge >= 0.3 is 5.97 Å². The van der Waals surface area contributed by atoms with E-state index in [4.69, 9.17) is 33.0 Å². The molecule has 6 heteroatoms. The summed E-state index contributed by atoms with van der Waals surface area (Å²) in [6, 6.07) is 1.96.